The molecule has 0 amide bonds. The monoisotopic (exact) mass is 292 g/mol. The molecule has 0 fully saturated rings. The van der Waals surface area contributed by atoms with Gasteiger partial charge in [-0.15, -0.1) is 0 Å². The molecule has 6 heteroatoms. The summed E-state index contributed by atoms with van der Waals surface area (Å²) in [5.74, 6) is 0.430. The summed E-state index contributed by atoms with van der Waals surface area (Å²) < 4.78 is 32.1. The number of ether oxygens (including phenoxy) is 1. The van der Waals surface area contributed by atoms with Crippen LogP contribution in [0, 0.1) is 13.8 Å². The summed E-state index contributed by atoms with van der Waals surface area (Å²) in [5.41, 5.74) is 2.12. The predicted molar refractivity (Wildman–Crippen MR) is 77.5 cm³/mol. The minimum Gasteiger partial charge on any atom is -0.481 e. The SMILES string of the molecule is COc1ccc(NS(=O)(=O)c2ccc(C)cc2C)cn1. The van der Waals surface area contributed by atoms with E-state index in [4.69, 9.17) is 4.74 Å². The van der Waals surface area contributed by atoms with Crippen LogP contribution in [0.1, 0.15) is 11.1 Å². The Labute approximate surface area is 118 Å². The summed E-state index contributed by atoms with van der Waals surface area (Å²) in [6, 6.07) is 8.41. The molecule has 0 spiro atoms. The third-order valence-electron chi connectivity index (χ3n) is 2.82. The number of aryl methyl sites for hydroxylation is 2. The predicted octanol–water partition coefficient (Wildman–Crippen LogP) is 2.51. The van der Waals surface area contributed by atoms with Gasteiger partial charge in [-0.3, -0.25) is 4.72 Å². The van der Waals surface area contributed by atoms with Gasteiger partial charge in [0.1, 0.15) is 0 Å². The highest BCUT2D eigenvalue weighted by molar-refractivity contribution is 7.92. The number of aromatic nitrogens is 1. The van der Waals surface area contributed by atoms with Crippen molar-refractivity contribution in [3.8, 4) is 5.88 Å². The Hall–Kier alpha value is -2.08. The average Bonchev–Trinajstić information content (AvgIpc) is 2.38. The highest BCUT2D eigenvalue weighted by Crippen LogP contribution is 2.20. The van der Waals surface area contributed by atoms with Crippen molar-refractivity contribution in [1.29, 1.82) is 0 Å². The quantitative estimate of drug-likeness (QED) is 0.940. The van der Waals surface area contributed by atoms with Gasteiger partial charge in [0.05, 0.1) is 23.9 Å². The van der Waals surface area contributed by atoms with Crippen LogP contribution in [0.25, 0.3) is 0 Å². The van der Waals surface area contributed by atoms with Crippen molar-refractivity contribution in [2.75, 3.05) is 11.8 Å². The lowest BCUT2D eigenvalue weighted by Crippen LogP contribution is -2.14. The molecule has 2 aromatic rings. The Balaban J connectivity index is 2.30. The number of methoxy groups -OCH3 is 1. The van der Waals surface area contributed by atoms with Gasteiger partial charge in [0, 0.05) is 6.07 Å². The molecule has 0 bridgehead atoms. The van der Waals surface area contributed by atoms with Crippen LogP contribution in [0.15, 0.2) is 41.4 Å². The maximum Gasteiger partial charge on any atom is 0.262 e. The molecular weight excluding hydrogens is 276 g/mol. The van der Waals surface area contributed by atoms with E-state index in [1.807, 2.05) is 13.0 Å². The first-order valence-electron chi connectivity index (χ1n) is 6.02. The summed E-state index contributed by atoms with van der Waals surface area (Å²) in [4.78, 5) is 4.23. The van der Waals surface area contributed by atoms with Gasteiger partial charge in [0.15, 0.2) is 0 Å². The molecule has 1 aromatic carbocycles. The van der Waals surface area contributed by atoms with Gasteiger partial charge in [0.25, 0.3) is 10.0 Å². The van der Waals surface area contributed by atoms with Crippen molar-refractivity contribution in [2.24, 2.45) is 0 Å². The molecule has 0 aliphatic heterocycles. The first-order chi connectivity index (χ1) is 9.42. The van der Waals surface area contributed by atoms with Crippen molar-refractivity contribution in [2.45, 2.75) is 18.7 Å². The zero-order valence-corrected chi connectivity index (χ0v) is 12.4. The lowest BCUT2D eigenvalue weighted by Gasteiger charge is -2.11. The molecule has 0 saturated heterocycles. The van der Waals surface area contributed by atoms with E-state index in [0.29, 0.717) is 17.1 Å². The Morgan fingerprint density at radius 3 is 2.45 bits per heavy atom. The first kappa shape index (κ1) is 14.3. The van der Waals surface area contributed by atoms with Crippen LogP contribution >= 0.6 is 0 Å². The summed E-state index contributed by atoms with van der Waals surface area (Å²) >= 11 is 0. The molecular formula is C14H16N2O3S. The third kappa shape index (κ3) is 3.08. The number of pyridine rings is 1. The lowest BCUT2D eigenvalue weighted by molar-refractivity contribution is 0.398. The van der Waals surface area contributed by atoms with Crippen LogP contribution in [0.2, 0.25) is 0 Å². The Bertz CT molecular complexity index is 710. The minimum absolute atomic E-state index is 0.263. The fraction of sp³-hybridized carbons (Fsp3) is 0.214. The number of benzene rings is 1. The maximum absolute atomic E-state index is 12.3. The van der Waals surface area contributed by atoms with Crippen LogP contribution in [0.4, 0.5) is 5.69 Å². The number of hydrogen-bond acceptors (Lipinski definition) is 4. The zero-order valence-electron chi connectivity index (χ0n) is 11.5. The highest BCUT2D eigenvalue weighted by atomic mass is 32.2. The molecule has 0 radical (unpaired) electrons. The van der Waals surface area contributed by atoms with Gasteiger partial charge in [0.2, 0.25) is 5.88 Å². The Morgan fingerprint density at radius 1 is 1.15 bits per heavy atom. The molecule has 1 heterocycles. The number of rotatable bonds is 4. The third-order valence-corrected chi connectivity index (χ3v) is 4.36. The molecule has 2 rings (SSSR count). The van der Waals surface area contributed by atoms with E-state index >= 15 is 0 Å². The largest absolute Gasteiger partial charge is 0.481 e. The molecule has 0 saturated carbocycles. The van der Waals surface area contributed by atoms with Gasteiger partial charge in [-0.1, -0.05) is 17.7 Å². The zero-order chi connectivity index (χ0) is 14.8. The summed E-state index contributed by atoms with van der Waals surface area (Å²) in [6.45, 7) is 3.69. The second kappa shape index (κ2) is 5.50. The smallest absolute Gasteiger partial charge is 0.262 e. The number of anilines is 1. The van der Waals surface area contributed by atoms with Crippen molar-refractivity contribution in [1.82, 2.24) is 4.98 Å². The van der Waals surface area contributed by atoms with Crippen LogP contribution in [0.5, 0.6) is 5.88 Å². The molecule has 0 atom stereocenters. The van der Waals surface area contributed by atoms with E-state index in [-0.39, 0.29) is 4.90 Å². The summed E-state index contributed by atoms with van der Waals surface area (Å²) in [7, 11) is -2.11. The van der Waals surface area contributed by atoms with Crippen LogP contribution in [-0.2, 0) is 10.0 Å². The molecule has 5 nitrogen and oxygen atoms in total. The molecule has 20 heavy (non-hydrogen) atoms. The summed E-state index contributed by atoms with van der Waals surface area (Å²) in [5, 5.41) is 0. The van der Waals surface area contributed by atoms with E-state index < -0.39 is 10.0 Å². The lowest BCUT2D eigenvalue weighted by atomic mass is 10.2. The second-order valence-electron chi connectivity index (χ2n) is 4.46. The molecule has 0 aliphatic rings. The Kier molecular flexibility index (Phi) is 3.94. The first-order valence-corrected chi connectivity index (χ1v) is 7.51. The van der Waals surface area contributed by atoms with Crippen molar-refractivity contribution in [3.63, 3.8) is 0 Å². The van der Waals surface area contributed by atoms with Gasteiger partial charge >= 0.3 is 0 Å². The number of nitrogens with zero attached hydrogens (tertiary/aromatic N) is 1. The van der Waals surface area contributed by atoms with Crippen molar-refractivity contribution < 1.29 is 13.2 Å². The number of hydrogen-bond donors (Lipinski definition) is 1. The van der Waals surface area contributed by atoms with E-state index in [9.17, 15) is 8.42 Å². The van der Waals surface area contributed by atoms with Crippen LogP contribution in [0.3, 0.4) is 0 Å². The minimum atomic E-state index is -3.61. The standard InChI is InChI=1S/C14H16N2O3S/c1-10-4-6-13(11(2)8-10)20(17,18)16-12-5-7-14(19-3)15-9-12/h4-9,16H,1-3H3. The van der Waals surface area contributed by atoms with E-state index in [2.05, 4.69) is 9.71 Å². The molecule has 106 valence electrons. The van der Waals surface area contributed by atoms with E-state index in [1.165, 1.54) is 13.3 Å². The topological polar surface area (TPSA) is 68.3 Å². The number of nitrogens with one attached hydrogen (secondary N) is 1. The second-order valence-corrected chi connectivity index (χ2v) is 6.11. The maximum atomic E-state index is 12.3. The van der Waals surface area contributed by atoms with Gasteiger partial charge in [-0.05, 0) is 31.5 Å². The highest BCUT2D eigenvalue weighted by Gasteiger charge is 2.16. The van der Waals surface area contributed by atoms with Gasteiger partial charge in [-0.2, -0.15) is 0 Å². The summed E-state index contributed by atoms with van der Waals surface area (Å²) in [6.07, 6.45) is 1.42. The normalized spacial score (nSPS) is 11.2. The Morgan fingerprint density at radius 2 is 1.90 bits per heavy atom. The average molecular weight is 292 g/mol. The molecule has 1 N–H and O–H groups in total. The molecule has 1 aromatic heterocycles. The van der Waals surface area contributed by atoms with Gasteiger partial charge < -0.3 is 4.74 Å². The van der Waals surface area contributed by atoms with Gasteiger partial charge in [-0.25, -0.2) is 13.4 Å². The van der Waals surface area contributed by atoms with E-state index in [0.717, 1.165) is 5.56 Å². The van der Waals surface area contributed by atoms with Crippen LogP contribution < -0.4 is 9.46 Å². The molecule has 0 aliphatic carbocycles. The fourth-order valence-electron chi connectivity index (χ4n) is 1.87. The van der Waals surface area contributed by atoms with Crippen molar-refractivity contribution in [3.05, 3.63) is 47.7 Å². The molecule has 0 unspecified atom stereocenters. The number of sulfonamides is 1. The van der Waals surface area contributed by atoms with Crippen molar-refractivity contribution >= 4 is 15.7 Å². The fourth-order valence-corrected chi connectivity index (χ4v) is 3.14. The van der Waals surface area contributed by atoms with E-state index in [1.54, 1.807) is 31.2 Å². The van der Waals surface area contributed by atoms with Crippen LogP contribution in [-0.4, -0.2) is 20.5 Å².